The maximum atomic E-state index is 12.3. The molecule has 23 heavy (non-hydrogen) atoms. The molecule has 2 aromatic carbocycles. The maximum Gasteiger partial charge on any atom is 0.238 e. The molecule has 0 N–H and O–H groups in total. The van der Waals surface area contributed by atoms with Crippen LogP contribution in [-0.4, -0.2) is 18.3 Å². The van der Waals surface area contributed by atoms with Crippen molar-refractivity contribution in [3.05, 3.63) is 58.1 Å². The van der Waals surface area contributed by atoms with E-state index >= 15 is 0 Å². The van der Waals surface area contributed by atoms with E-state index < -0.39 is 0 Å². The highest BCUT2D eigenvalue weighted by atomic mass is 35.5. The molecule has 3 rings (SSSR count). The zero-order valence-electron chi connectivity index (χ0n) is 12.5. The first-order valence-electron chi connectivity index (χ1n) is 7.21. The fraction of sp³-hybridized carbons (Fsp3) is 0.235. The summed E-state index contributed by atoms with van der Waals surface area (Å²) < 4.78 is 5.47. The number of thioether (sulfide) groups is 1. The van der Waals surface area contributed by atoms with Crippen molar-refractivity contribution in [1.29, 1.82) is 0 Å². The molecule has 1 atom stereocenters. The molecule has 0 aliphatic carbocycles. The molecular formula is C17H15Cl2NO2S. The smallest absolute Gasteiger partial charge is 0.238 e. The van der Waals surface area contributed by atoms with Crippen LogP contribution in [0.25, 0.3) is 0 Å². The van der Waals surface area contributed by atoms with Crippen molar-refractivity contribution in [2.75, 3.05) is 17.3 Å². The van der Waals surface area contributed by atoms with Gasteiger partial charge in [0.2, 0.25) is 5.91 Å². The highest BCUT2D eigenvalue weighted by Gasteiger charge is 2.34. The number of benzene rings is 2. The van der Waals surface area contributed by atoms with E-state index in [1.165, 1.54) is 0 Å². The van der Waals surface area contributed by atoms with Crippen LogP contribution in [-0.2, 0) is 4.79 Å². The van der Waals surface area contributed by atoms with Gasteiger partial charge in [0, 0.05) is 10.7 Å². The summed E-state index contributed by atoms with van der Waals surface area (Å²) in [6.07, 6.45) is 0. The second-order valence-corrected chi connectivity index (χ2v) is 6.94. The number of rotatable bonds is 4. The highest BCUT2D eigenvalue weighted by molar-refractivity contribution is 8.00. The third kappa shape index (κ3) is 3.44. The van der Waals surface area contributed by atoms with Gasteiger partial charge in [-0.05, 0) is 48.9 Å². The molecule has 0 aromatic heterocycles. The van der Waals surface area contributed by atoms with E-state index in [4.69, 9.17) is 27.9 Å². The molecule has 0 unspecified atom stereocenters. The van der Waals surface area contributed by atoms with Crippen molar-refractivity contribution < 1.29 is 9.53 Å². The molecule has 1 aliphatic rings. The summed E-state index contributed by atoms with van der Waals surface area (Å²) in [4.78, 5) is 14.1. The van der Waals surface area contributed by atoms with E-state index in [2.05, 4.69) is 0 Å². The minimum absolute atomic E-state index is 0.0762. The molecule has 0 radical (unpaired) electrons. The summed E-state index contributed by atoms with van der Waals surface area (Å²) in [7, 11) is 0. The number of halogens is 2. The van der Waals surface area contributed by atoms with E-state index in [1.807, 2.05) is 37.3 Å². The fourth-order valence-electron chi connectivity index (χ4n) is 2.49. The highest BCUT2D eigenvalue weighted by Crippen LogP contribution is 2.43. The van der Waals surface area contributed by atoms with Gasteiger partial charge in [0.05, 0.1) is 17.4 Å². The summed E-state index contributed by atoms with van der Waals surface area (Å²) in [5.41, 5.74) is 1.81. The van der Waals surface area contributed by atoms with E-state index in [-0.39, 0.29) is 11.3 Å². The topological polar surface area (TPSA) is 29.5 Å². The number of anilines is 1. The number of nitrogens with zero attached hydrogens (tertiary/aromatic N) is 1. The van der Waals surface area contributed by atoms with E-state index in [9.17, 15) is 4.79 Å². The summed E-state index contributed by atoms with van der Waals surface area (Å²) in [5.74, 6) is 1.18. The largest absolute Gasteiger partial charge is 0.492 e. The van der Waals surface area contributed by atoms with Gasteiger partial charge in [-0.3, -0.25) is 9.69 Å². The lowest BCUT2D eigenvalue weighted by Crippen LogP contribution is -2.27. The third-order valence-electron chi connectivity index (χ3n) is 3.51. The Morgan fingerprint density at radius 3 is 2.61 bits per heavy atom. The molecule has 1 heterocycles. The zero-order chi connectivity index (χ0) is 16.4. The van der Waals surface area contributed by atoms with E-state index in [0.29, 0.717) is 28.2 Å². The van der Waals surface area contributed by atoms with Crippen LogP contribution in [0.1, 0.15) is 17.9 Å². The van der Waals surface area contributed by atoms with Crippen molar-refractivity contribution in [2.24, 2.45) is 0 Å². The molecule has 6 heteroatoms. The molecule has 1 aliphatic heterocycles. The first kappa shape index (κ1) is 16.5. The average molecular weight is 368 g/mol. The maximum absolute atomic E-state index is 12.3. The van der Waals surface area contributed by atoms with Gasteiger partial charge in [0.25, 0.3) is 0 Å². The quantitative estimate of drug-likeness (QED) is 0.746. The molecule has 0 saturated carbocycles. The van der Waals surface area contributed by atoms with Crippen LogP contribution in [0, 0.1) is 0 Å². The van der Waals surface area contributed by atoms with Crippen molar-refractivity contribution in [1.82, 2.24) is 0 Å². The Hall–Kier alpha value is -1.36. The Morgan fingerprint density at radius 1 is 1.22 bits per heavy atom. The molecule has 120 valence electrons. The normalized spacial score (nSPS) is 17.6. The van der Waals surface area contributed by atoms with Gasteiger partial charge >= 0.3 is 0 Å². The van der Waals surface area contributed by atoms with E-state index in [0.717, 1.165) is 11.3 Å². The van der Waals surface area contributed by atoms with Crippen LogP contribution >= 0.6 is 35.0 Å². The molecule has 1 saturated heterocycles. The second kappa shape index (κ2) is 7.04. The Kier molecular flexibility index (Phi) is 5.05. The third-order valence-corrected chi connectivity index (χ3v) is 5.27. The van der Waals surface area contributed by atoms with Gasteiger partial charge in [-0.15, -0.1) is 11.8 Å². The van der Waals surface area contributed by atoms with Crippen molar-refractivity contribution in [2.45, 2.75) is 12.3 Å². The Balaban J connectivity index is 1.93. The molecule has 0 spiro atoms. The number of hydrogen-bond acceptors (Lipinski definition) is 3. The number of amides is 1. The van der Waals surface area contributed by atoms with Crippen LogP contribution < -0.4 is 9.64 Å². The second-order valence-electron chi connectivity index (χ2n) is 5.03. The summed E-state index contributed by atoms with van der Waals surface area (Å²) in [5, 5.41) is 1.10. The lowest BCUT2D eigenvalue weighted by molar-refractivity contribution is -0.115. The number of hydrogen-bond donors (Lipinski definition) is 0. The Labute approximate surface area is 149 Å². The first-order valence-corrected chi connectivity index (χ1v) is 9.02. The SMILES string of the molecule is CCOc1ccc([C@@H]2SCC(=O)N2c2ccc(Cl)cc2)cc1Cl. The predicted molar refractivity (Wildman–Crippen MR) is 96.8 cm³/mol. The van der Waals surface area contributed by atoms with Gasteiger partial charge in [0.1, 0.15) is 11.1 Å². The van der Waals surface area contributed by atoms with Crippen LogP contribution in [0.4, 0.5) is 5.69 Å². The monoisotopic (exact) mass is 367 g/mol. The molecule has 3 nitrogen and oxygen atoms in total. The Bertz CT molecular complexity index is 721. The van der Waals surface area contributed by atoms with Gasteiger partial charge in [-0.25, -0.2) is 0 Å². The number of carbonyl (C=O) groups excluding carboxylic acids is 1. The molecule has 1 fully saturated rings. The predicted octanol–water partition coefficient (Wildman–Crippen LogP) is 5.17. The number of carbonyl (C=O) groups is 1. The first-order chi connectivity index (χ1) is 11.1. The minimum Gasteiger partial charge on any atom is -0.492 e. The molecule has 0 bridgehead atoms. The van der Waals surface area contributed by atoms with Crippen LogP contribution in [0.5, 0.6) is 5.75 Å². The standard InChI is InChI=1S/C17H15Cl2NO2S/c1-2-22-15-8-3-11(9-14(15)19)17-20(16(21)10-23-17)13-6-4-12(18)5-7-13/h3-9,17H,2,10H2,1H3/t17-/m0/s1. The number of ether oxygens (including phenoxy) is 1. The van der Waals surface area contributed by atoms with Crippen LogP contribution in [0.2, 0.25) is 10.0 Å². The summed E-state index contributed by atoms with van der Waals surface area (Å²) in [6, 6.07) is 13.0. The van der Waals surface area contributed by atoms with Crippen molar-refractivity contribution in [3.8, 4) is 5.75 Å². The lowest BCUT2D eigenvalue weighted by atomic mass is 10.1. The summed E-state index contributed by atoms with van der Waals surface area (Å²) >= 11 is 13.8. The molecule has 2 aromatic rings. The summed E-state index contributed by atoms with van der Waals surface area (Å²) in [6.45, 7) is 2.48. The van der Waals surface area contributed by atoms with Crippen LogP contribution in [0.3, 0.4) is 0 Å². The van der Waals surface area contributed by atoms with Gasteiger partial charge in [-0.2, -0.15) is 0 Å². The van der Waals surface area contributed by atoms with E-state index in [1.54, 1.807) is 28.8 Å². The van der Waals surface area contributed by atoms with Crippen LogP contribution in [0.15, 0.2) is 42.5 Å². The van der Waals surface area contributed by atoms with Gasteiger partial charge in [0.15, 0.2) is 0 Å². The minimum atomic E-state index is -0.100. The Morgan fingerprint density at radius 2 is 1.96 bits per heavy atom. The van der Waals surface area contributed by atoms with Crippen molar-refractivity contribution in [3.63, 3.8) is 0 Å². The lowest BCUT2D eigenvalue weighted by Gasteiger charge is -2.24. The average Bonchev–Trinajstić information content (AvgIpc) is 2.92. The molecule has 1 amide bonds. The zero-order valence-corrected chi connectivity index (χ0v) is 14.8. The molecular weight excluding hydrogens is 353 g/mol. The van der Waals surface area contributed by atoms with Gasteiger partial charge < -0.3 is 4.74 Å². The van der Waals surface area contributed by atoms with Crippen molar-refractivity contribution >= 4 is 46.6 Å². The fourth-order valence-corrected chi connectivity index (χ4v) is 4.03. The van der Waals surface area contributed by atoms with Gasteiger partial charge in [-0.1, -0.05) is 29.3 Å².